The molecule has 1 fully saturated rings. The summed E-state index contributed by atoms with van der Waals surface area (Å²) in [4.78, 5) is 0. The fourth-order valence-electron chi connectivity index (χ4n) is 4.98. The minimum Gasteiger partial charge on any atom is -0.380 e. The molecule has 1 heterocycles. The molecule has 162 valence electrons. The third kappa shape index (κ3) is 5.15. The monoisotopic (exact) mass is 424 g/mol. The molecule has 0 spiro atoms. The average molecular weight is 425 g/mol. The van der Waals surface area contributed by atoms with Gasteiger partial charge in [0.25, 0.3) is 0 Å². The first-order valence-electron chi connectivity index (χ1n) is 10.6. The van der Waals surface area contributed by atoms with Crippen LogP contribution in [0.4, 0.5) is 0 Å². The lowest BCUT2D eigenvalue weighted by molar-refractivity contribution is -0.220. The van der Waals surface area contributed by atoms with Gasteiger partial charge in [-0.05, 0) is 30.1 Å². The zero-order valence-electron chi connectivity index (χ0n) is 18.8. The normalized spacial score (nSPS) is 22.0. The second kappa shape index (κ2) is 9.51. The van der Waals surface area contributed by atoms with E-state index in [-0.39, 0.29) is 40.9 Å². The van der Waals surface area contributed by atoms with Gasteiger partial charge < -0.3 is 14.6 Å². The smallest absolute Gasteiger partial charge is 0.187 e. The Kier molecular flexibility index (Phi) is 8.98. The Morgan fingerprint density at radius 3 is 1.56 bits per heavy atom. The van der Waals surface area contributed by atoms with Gasteiger partial charge in [0.1, 0.15) is 0 Å². The fourth-order valence-corrected chi connectivity index (χ4v) is 6.35. The van der Waals surface area contributed by atoms with Gasteiger partial charge in [-0.15, -0.1) is 0 Å². The highest BCUT2D eigenvalue weighted by molar-refractivity contribution is 6.33. The SMILES string of the molecule is CCC1(COC(Cl)(C(C(C)C)C(C)C)C(O)(Cl)C(C(C)C)C(C)C)COC1. The van der Waals surface area contributed by atoms with E-state index in [0.717, 1.165) is 6.42 Å². The van der Waals surface area contributed by atoms with Crippen molar-refractivity contribution in [3.63, 3.8) is 0 Å². The number of rotatable bonds is 11. The number of alkyl halides is 2. The van der Waals surface area contributed by atoms with E-state index in [2.05, 4.69) is 62.3 Å². The molecule has 0 aliphatic carbocycles. The lowest BCUT2D eigenvalue weighted by Crippen LogP contribution is -2.62. The third-order valence-electron chi connectivity index (χ3n) is 6.38. The Labute approximate surface area is 177 Å². The predicted molar refractivity (Wildman–Crippen MR) is 115 cm³/mol. The molecule has 5 heteroatoms. The second-order valence-electron chi connectivity index (χ2n) is 9.98. The van der Waals surface area contributed by atoms with E-state index in [0.29, 0.717) is 19.8 Å². The lowest BCUT2D eigenvalue weighted by Gasteiger charge is -2.53. The van der Waals surface area contributed by atoms with Crippen LogP contribution in [-0.4, -0.2) is 35.0 Å². The standard InChI is InChI=1S/C22H42Cl2O3/c1-10-20(11-26-12-20)13-27-22(24,19(16(6)7)17(8)9)21(23,25)18(14(2)3)15(4)5/h14-19,25H,10-13H2,1-9H3. The second-order valence-corrected chi connectivity index (χ2v) is 11.1. The van der Waals surface area contributed by atoms with E-state index in [1.165, 1.54) is 0 Å². The Hall–Kier alpha value is 0.460. The van der Waals surface area contributed by atoms with Crippen LogP contribution in [0.3, 0.4) is 0 Å². The van der Waals surface area contributed by atoms with E-state index < -0.39 is 10.1 Å². The molecule has 0 aromatic rings. The summed E-state index contributed by atoms with van der Waals surface area (Å²) < 4.78 is 11.9. The van der Waals surface area contributed by atoms with Gasteiger partial charge in [0.2, 0.25) is 0 Å². The molecular formula is C22H42Cl2O3. The summed E-state index contributed by atoms with van der Waals surface area (Å²) in [6, 6.07) is 0. The van der Waals surface area contributed by atoms with E-state index >= 15 is 0 Å². The van der Waals surface area contributed by atoms with Crippen molar-refractivity contribution in [2.75, 3.05) is 19.8 Å². The van der Waals surface area contributed by atoms with Gasteiger partial charge in [-0.1, -0.05) is 85.5 Å². The molecule has 0 aromatic carbocycles. The Balaban J connectivity index is 3.38. The molecule has 1 aliphatic rings. The first kappa shape index (κ1) is 25.5. The summed E-state index contributed by atoms with van der Waals surface area (Å²) in [5.41, 5.74) is -0.0310. The molecule has 1 N–H and O–H groups in total. The molecule has 0 saturated carbocycles. The van der Waals surface area contributed by atoms with Crippen molar-refractivity contribution in [2.24, 2.45) is 40.9 Å². The van der Waals surface area contributed by atoms with Crippen LogP contribution in [0.2, 0.25) is 0 Å². The molecule has 0 bridgehead atoms. The summed E-state index contributed by atoms with van der Waals surface area (Å²) in [6.07, 6.45) is 0.951. The number of halogens is 2. The zero-order valence-corrected chi connectivity index (χ0v) is 20.3. The topological polar surface area (TPSA) is 38.7 Å². The van der Waals surface area contributed by atoms with Gasteiger partial charge >= 0.3 is 0 Å². The van der Waals surface area contributed by atoms with Gasteiger partial charge in [-0.2, -0.15) is 0 Å². The van der Waals surface area contributed by atoms with E-state index in [1.807, 2.05) is 0 Å². The first-order valence-corrected chi connectivity index (χ1v) is 11.3. The average Bonchev–Trinajstić information content (AvgIpc) is 2.44. The maximum Gasteiger partial charge on any atom is 0.187 e. The maximum absolute atomic E-state index is 11.7. The summed E-state index contributed by atoms with van der Waals surface area (Å²) in [6.45, 7) is 20.8. The van der Waals surface area contributed by atoms with Crippen molar-refractivity contribution in [3.05, 3.63) is 0 Å². The van der Waals surface area contributed by atoms with Gasteiger partial charge in [-0.25, -0.2) is 0 Å². The highest BCUT2D eigenvalue weighted by atomic mass is 35.5. The molecule has 3 nitrogen and oxygen atoms in total. The molecule has 0 amide bonds. The van der Waals surface area contributed by atoms with Crippen molar-refractivity contribution in [1.29, 1.82) is 0 Å². The van der Waals surface area contributed by atoms with Gasteiger partial charge in [-0.3, -0.25) is 0 Å². The molecule has 2 unspecified atom stereocenters. The number of hydrogen-bond acceptors (Lipinski definition) is 3. The molecule has 0 radical (unpaired) electrons. The number of aliphatic hydroxyl groups is 1. The number of hydrogen-bond donors (Lipinski definition) is 1. The molecule has 2 atom stereocenters. The van der Waals surface area contributed by atoms with Crippen molar-refractivity contribution >= 4 is 23.2 Å². The van der Waals surface area contributed by atoms with Crippen LogP contribution in [0, 0.1) is 40.9 Å². The van der Waals surface area contributed by atoms with Crippen molar-refractivity contribution in [3.8, 4) is 0 Å². The van der Waals surface area contributed by atoms with Crippen molar-refractivity contribution in [2.45, 2.75) is 78.9 Å². The van der Waals surface area contributed by atoms with Crippen LogP contribution >= 0.6 is 23.2 Å². The summed E-state index contributed by atoms with van der Waals surface area (Å²) in [7, 11) is 0. The molecule has 1 saturated heterocycles. The van der Waals surface area contributed by atoms with Gasteiger partial charge in [0.05, 0.1) is 19.8 Å². The highest BCUT2D eigenvalue weighted by Crippen LogP contribution is 2.54. The van der Waals surface area contributed by atoms with E-state index in [9.17, 15) is 5.11 Å². The van der Waals surface area contributed by atoms with Crippen molar-refractivity contribution < 1.29 is 14.6 Å². The molecular weight excluding hydrogens is 383 g/mol. The first-order chi connectivity index (χ1) is 12.3. The predicted octanol–water partition coefficient (Wildman–Crippen LogP) is 6.15. The molecule has 1 rings (SSSR count). The van der Waals surface area contributed by atoms with Crippen LogP contribution in [0.25, 0.3) is 0 Å². The Morgan fingerprint density at radius 1 is 0.889 bits per heavy atom. The minimum absolute atomic E-state index is 0.0310. The summed E-state index contributed by atoms with van der Waals surface area (Å²) >= 11 is 14.3. The fraction of sp³-hybridized carbons (Fsp3) is 1.00. The zero-order chi connectivity index (χ0) is 21.2. The minimum atomic E-state index is -1.68. The Bertz CT molecular complexity index is 437. The van der Waals surface area contributed by atoms with Crippen molar-refractivity contribution in [1.82, 2.24) is 0 Å². The van der Waals surface area contributed by atoms with Crippen LogP contribution in [0.15, 0.2) is 0 Å². The highest BCUT2D eigenvalue weighted by Gasteiger charge is 2.61. The number of ether oxygens (including phenoxy) is 2. The summed E-state index contributed by atoms with van der Waals surface area (Å²) in [5.74, 6) is 0.456. The van der Waals surface area contributed by atoms with Crippen LogP contribution < -0.4 is 0 Å². The Morgan fingerprint density at radius 2 is 1.30 bits per heavy atom. The molecule has 0 aromatic heterocycles. The van der Waals surface area contributed by atoms with Gasteiger partial charge in [0, 0.05) is 17.3 Å². The van der Waals surface area contributed by atoms with E-state index in [4.69, 9.17) is 32.7 Å². The van der Waals surface area contributed by atoms with Crippen LogP contribution in [0.5, 0.6) is 0 Å². The summed E-state index contributed by atoms with van der Waals surface area (Å²) in [5, 5.41) is 8.67. The van der Waals surface area contributed by atoms with E-state index in [1.54, 1.807) is 0 Å². The lowest BCUT2D eigenvalue weighted by atomic mass is 9.71. The van der Waals surface area contributed by atoms with Crippen LogP contribution in [0.1, 0.15) is 68.7 Å². The largest absolute Gasteiger partial charge is 0.380 e. The van der Waals surface area contributed by atoms with Gasteiger partial charge in [0.15, 0.2) is 10.1 Å². The maximum atomic E-state index is 11.7. The van der Waals surface area contributed by atoms with Crippen LogP contribution in [-0.2, 0) is 9.47 Å². The molecule has 1 aliphatic heterocycles. The quantitative estimate of drug-likeness (QED) is 0.404. The third-order valence-corrected chi connectivity index (χ3v) is 7.66. The molecule has 27 heavy (non-hydrogen) atoms.